The van der Waals surface area contributed by atoms with Gasteiger partial charge in [0.15, 0.2) is 0 Å². The van der Waals surface area contributed by atoms with E-state index in [4.69, 9.17) is 28.6 Å². The largest absolute Gasteiger partial charge is 0.475 e. The van der Waals surface area contributed by atoms with Gasteiger partial charge in [-0.2, -0.15) is 0 Å². The maximum Gasteiger partial charge on any atom is 0.264 e. The molecule has 0 bridgehead atoms. The second-order valence-corrected chi connectivity index (χ2v) is 7.50. The van der Waals surface area contributed by atoms with Crippen LogP contribution < -0.4 is 9.46 Å². The molecule has 0 spiro atoms. The first-order valence-corrected chi connectivity index (χ1v) is 9.18. The summed E-state index contributed by atoms with van der Waals surface area (Å²) in [4.78, 5) is 8.24. The zero-order valence-corrected chi connectivity index (χ0v) is 15.3. The Balaban J connectivity index is 2.37. The summed E-state index contributed by atoms with van der Waals surface area (Å²) in [5.41, 5.74) is 0. The Morgan fingerprint density at radius 2 is 2.27 bits per heavy atom. The molecule has 2 rings (SSSR count). The number of thiocarbonyl (C=S) groups is 1. The summed E-state index contributed by atoms with van der Waals surface area (Å²) < 4.78 is 33.0. The third-order valence-electron chi connectivity index (χ3n) is 2.54. The molecule has 1 N–H and O–H groups in total. The lowest BCUT2D eigenvalue weighted by Gasteiger charge is -2.15. The zero-order valence-electron chi connectivity index (χ0n) is 11.3. The Morgan fingerprint density at radius 1 is 1.55 bits per heavy atom. The van der Waals surface area contributed by atoms with E-state index in [9.17, 15) is 8.42 Å². The topological polar surface area (TPSA) is 81.2 Å². The molecule has 0 aromatic carbocycles. The third kappa shape index (κ3) is 4.03. The molecule has 10 heteroatoms. The monoisotopic (exact) mass is 423 g/mol. The van der Waals surface area contributed by atoms with Crippen LogP contribution in [0.25, 0.3) is 0 Å². The molecule has 0 saturated carbocycles. The van der Waals surface area contributed by atoms with Crippen LogP contribution in [0.4, 0.5) is 5.82 Å². The molecule has 1 aromatic heterocycles. The van der Waals surface area contributed by atoms with Crippen molar-refractivity contribution in [1.29, 1.82) is 0 Å². The lowest BCUT2D eigenvalue weighted by molar-refractivity contribution is 0.327. The Hall–Kier alpha value is -1.03. The van der Waals surface area contributed by atoms with E-state index in [0.717, 1.165) is 0 Å². The van der Waals surface area contributed by atoms with Crippen LogP contribution in [-0.2, 0) is 10.0 Å². The standard InChI is InChI=1S/C12H11BrClN3O3S2/c1-2-20-12-11(15-6-10(13)16-12)17-22(18,19)9-5-7(14)3-4-8(9)21/h3,5-6H,2,4H2,1H3,(H,15,17). The zero-order chi connectivity index (χ0) is 16.3. The number of allylic oxidation sites excluding steroid dienone is 4. The minimum absolute atomic E-state index is 0.0144. The fraction of sp³-hybridized carbons (Fsp3) is 0.250. The fourth-order valence-electron chi connectivity index (χ4n) is 1.62. The summed E-state index contributed by atoms with van der Waals surface area (Å²) in [5.74, 6) is 0.0591. The molecule has 0 radical (unpaired) electrons. The lowest BCUT2D eigenvalue weighted by Crippen LogP contribution is -2.22. The summed E-state index contributed by atoms with van der Waals surface area (Å²) in [7, 11) is -3.93. The summed E-state index contributed by atoms with van der Waals surface area (Å²) in [6.07, 6.45) is 4.61. The maximum absolute atomic E-state index is 12.5. The van der Waals surface area contributed by atoms with Crippen molar-refractivity contribution in [2.24, 2.45) is 0 Å². The van der Waals surface area contributed by atoms with Gasteiger partial charge in [-0.05, 0) is 28.9 Å². The number of rotatable bonds is 5. The second kappa shape index (κ2) is 7.03. The second-order valence-electron chi connectivity index (χ2n) is 4.11. The number of anilines is 1. The van der Waals surface area contributed by atoms with E-state index in [1.54, 1.807) is 13.0 Å². The quantitative estimate of drug-likeness (QED) is 0.731. The number of ether oxygens (including phenoxy) is 1. The molecule has 0 amide bonds. The molecule has 0 fully saturated rings. The van der Waals surface area contributed by atoms with Gasteiger partial charge < -0.3 is 4.74 Å². The van der Waals surface area contributed by atoms with Crippen LogP contribution in [-0.4, -0.2) is 29.9 Å². The highest BCUT2D eigenvalue weighted by atomic mass is 79.9. The average molecular weight is 425 g/mol. The van der Waals surface area contributed by atoms with Gasteiger partial charge >= 0.3 is 0 Å². The normalized spacial score (nSPS) is 15.1. The Kier molecular flexibility index (Phi) is 5.54. The molecule has 118 valence electrons. The number of hydrogen-bond acceptors (Lipinski definition) is 6. The average Bonchev–Trinajstić information content (AvgIpc) is 2.44. The number of halogens is 2. The highest BCUT2D eigenvalue weighted by molar-refractivity contribution is 9.10. The molecule has 0 aliphatic heterocycles. The number of nitrogens with zero attached hydrogens (tertiary/aromatic N) is 2. The highest BCUT2D eigenvalue weighted by Gasteiger charge is 2.26. The van der Waals surface area contributed by atoms with Crippen LogP contribution >= 0.6 is 39.7 Å². The van der Waals surface area contributed by atoms with Crippen molar-refractivity contribution in [3.05, 3.63) is 32.9 Å². The van der Waals surface area contributed by atoms with Gasteiger partial charge in [0.1, 0.15) is 9.51 Å². The van der Waals surface area contributed by atoms with Gasteiger partial charge in [-0.1, -0.05) is 29.9 Å². The van der Waals surface area contributed by atoms with Crippen molar-refractivity contribution in [2.75, 3.05) is 11.3 Å². The summed E-state index contributed by atoms with van der Waals surface area (Å²) in [6, 6.07) is 0. The third-order valence-corrected chi connectivity index (χ3v) is 5.11. The first-order chi connectivity index (χ1) is 10.3. The first-order valence-electron chi connectivity index (χ1n) is 6.12. The van der Waals surface area contributed by atoms with Crippen LogP contribution in [0.1, 0.15) is 13.3 Å². The molecule has 6 nitrogen and oxygen atoms in total. The van der Waals surface area contributed by atoms with E-state index in [2.05, 4.69) is 30.6 Å². The van der Waals surface area contributed by atoms with E-state index in [-0.39, 0.29) is 21.5 Å². The smallest absolute Gasteiger partial charge is 0.264 e. The van der Waals surface area contributed by atoms with Crippen LogP contribution in [0.15, 0.2) is 32.9 Å². The maximum atomic E-state index is 12.5. The number of nitrogens with one attached hydrogen (secondary N) is 1. The van der Waals surface area contributed by atoms with Gasteiger partial charge in [-0.3, -0.25) is 4.72 Å². The van der Waals surface area contributed by atoms with Gasteiger partial charge in [-0.15, -0.1) is 0 Å². The fourth-order valence-corrected chi connectivity index (χ4v) is 3.78. The number of hydrogen-bond donors (Lipinski definition) is 1. The van der Waals surface area contributed by atoms with Crippen molar-refractivity contribution in [1.82, 2.24) is 9.97 Å². The molecule has 1 heterocycles. The Labute approximate surface area is 146 Å². The molecule has 1 aliphatic carbocycles. The molecule has 22 heavy (non-hydrogen) atoms. The van der Waals surface area contributed by atoms with E-state index in [0.29, 0.717) is 22.7 Å². The van der Waals surface area contributed by atoms with Crippen LogP contribution in [0.2, 0.25) is 0 Å². The highest BCUT2D eigenvalue weighted by Crippen LogP contribution is 2.27. The molecular formula is C12H11BrClN3O3S2. The molecule has 0 atom stereocenters. The molecule has 0 saturated heterocycles. The number of aromatic nitrogens is 2. The summed E-state index contributed by atoms with van der Waals surface area (Å²) >= 11 is 14.1. The van der Waals surface area contributed by atoms with Crippen molar-refractivity contribution in [3.63, 3.8) is 0 Å². The Bertz CT molecular complexity index is 778. The SMILES string of the molecule is CCOc1nc(Br)cnc1NS(=O)(=O)C1=CC(Cl)=CCC1=S. The molecular weight excluding hydrogens is 414 g/mol. The van der Waals surface area contributed by atoms with Gasteiger partial charge in [0, 0.05) is 16.3 Å². The molecule has 1 aromatic rings. The Morgan fingerprint density at radius 3 is 2.95 bits per heavy atom. The van der Waals surface area contributed by atoms with Crippen molar-refractivity contribution < 1.29 is 13.2 Å². The van der Waals surface area contributed by atoms with Gasteiger partial charge in [0.05, 0.1) is 12.8 Å². The predicted molar refractivity (Wildman–Crippen MR) is 92.7 cm³/mol. The van der Waals surface area contributed by atoms with Gasteiger partial charge in [0.25, 0.3) is 15.9 Å². The summed E-state index contributed by atoms with van der Waals surface area (Å²) in [5, 5.41) is 0.320. The first kappa shape index (κ1) is 17.3. The van der Waals surface area contributed by atoms with Crippen LogP contribution in [0.5, 0.6) is 5.88 Å². The van der Waals surface area contributed by atoms with Crippen molar-refractivity contribution in [2.45, 2.75) is 13.3 Å². The van der Waals surface area contributed by atoms with E-state index in [1.165, 1.54) is 12.3 Å². The van der Waals surface area contributed by atoms with Gasteiger partial charge in [-0.25, -0.2) is 18.4 Å². The minimum Gasteiger partial charge on any atom is -0.475 e. The number of sulfonamides is 1. The van der Waals surface area contributed by atoms with E-state index < -0.39 is 10.0 Å². The van der Waals surface area contributed by atoms with Gasteiger partial charge in [0.2, 0.25) is 5.82 Å². The van der Waals surface area contributed by atoms with Crippen molar-refractivity contribution in [3.8, 4) is 5.88 Å². The lowest BCUT2D eigenvalue weighted by atomic mass is 10.2. The molecule has 1 aliphatic rings. The van der Waals surface area contributed by atoms with Crippen LogP contribution in [0, 0.1) is 0 Å². The van der Waals surface area contributed by atoms with Crippen molar-refractivity contribution >= 4 is 60.5 Å². The molecule has 0 unspecified atom stereocenters. The van der Waals surface area contributed by atoms with E-state index in [1.807, 2.05) is 0 Å². The predicted octanol–water partition coefficient (Wildman–Crippen LogP) is 3.16. The van der Waals surface area contributed by atoms with E-state index >= 15 is 0 Å². The summed E-state index contributed by atoms with van der Waals surface area (Å²) in [6.45, 7) is 2.07. The minimum atomic E-state index is -3.93. The van der Waals surface area contributed by atoms with Crippen LogP contribution in [0.3, 0.4) is 0 Å².